The number of amides is 3. The summed E-state index contributed by atoms with van der Waals surface area (Å²) >= 11 is 7.15. The number of nitrogens with zero attached hydrogens (tertiary/aromatic N) is 1. The Morgan fingerprint density at radius 3 is 2.73 bits per heavy atom. The molecule has 12 heteroatoms. The van der Waals surface area contributed by atoms with Gasteiger partial charge in [0.1, 0.15) is 5.00 Å². The molecule has 0 atom stereocenters. The number of nitrogens with two attached hydrogens (primary N) is 1. The summed E-state index contributed by atoms with van der Waals surface area (Å²) in [6.45, 7) is 0.612. The third-order valence-electron chi connectivity index (χ3n) is 5.97. The maximum absolute atomic E-state index is 13.2. The van der Waals surface area contributed by atoms with E-state index in [9.17, 15) is 19.2 Å². The summed E-state index contributed by atoms with van der Waals surface area (Å²) in [5.74, 6) is -0.867. The molecule has 0 spiro atoms. The Morgan fingerprint density at radius 2 is 1.97 bits per heavy atom. The molecule has 0 fully saturated rings. The predicted molar refractivity (Wildman–Crippen MR) is 138 cm³/mol. The maximum Gasteiger partial charge on any atom is 0.417 e. The quantitative estimate of drug-likeness (QED) is 0.336. The number of oxazole rings is 1. The monoisotopic (exact) mass is 540 g/mol. The number of benzene rings is 2. The van der Waals surface area contributed by atoms with E-state index in [1.165, 1.54) is 17.4 Å². The fourth-order valence-electron chi connectivity index (χ4n) is 4.20. The number of hydrogen-bond donors (Lipinski definition) is 3. The highest BCUT2D eigenvalue weighted by Crippen LogP contribution is 2.43. The largest absolute Gasteiger partial charge is 0.417 e. The van der Waals surface area contributed by atoms with E-state index < -0.39 is 11.8 Å². The molecular weight excluding hydrogens is 520 g/mol. The summed E-state index contributed by atoms with van der Waals surface area (Å²) < 4.78 is 10.3. The van der Waals surface area contributed by atoms with Crippen LogP contribution in [0.3, 0.4) is 0 Å². The molecule has 0 bridgehead atoms. The van der Waals surface area contributed by atoms with Gasteiger partial charge in [-0.3, -0.25) is 14.6 Å². The number of carbonyl (C=O) groups excluding carboxylic acids is 3. The minimum atomic E-state index is -0.989. The number of anilines is 1. The molecule has 0 radical (unpaired) electrons. The molecule has 10 nitrogen and oxygen atoms in total. The van der Waals surface area contributed by atoms with Gasteiger partial charge in [-0.2, -0.15) is 0 Å². The van der Waals surface area contributed by atoms with Crippen LogP contribution in [0.4, 0.5) is 9.80 Å². The van der Waals surface area contributed by atoms with Crippen molar-refractivity contribution in [2.45, 2.75) is 25.8 Å². The predicted octanol–water partition coefficient (Wildman–Crippen LogP) is 4.06. The highest BCUT2D eigenvalue weighted by Gasteiger charge is 2.30. The summed E-state index contributed by atoms with van der Waals surface area (Å²) in [4.78, 5) is 53.8. The number of ether oxygens (including phenoxy) is 1. The van der Waals surface area contributed by atoms with Crippen LogP contribution in [0.1, 0.15) is 32.8 Å². The fourth-order valence-corrected chi connectivity index (χ4v) is 5.53. The second-order valence-electron chi connectivity index (χ2n) is 8.46. The number of aromatic amines is 1. The van der Waals surface area contributed by atoms with Crippen LogP contribution in [-0.4, -0.2) is 34.3 Å². The van der Waals surface area contributed by atoms with Gasteiger partial charge in [0.25, 0.3) is 5.91 Å². The molecule has 0 saturated carbocycles. The highest BCUT2D eigenvalue weighted by molar-refractivity contribution is 7.17. The van der Waals surface area contributed by atoms with Crippen molar-refractivity contribution in [1.82, 2.24) is 9.88 Å². The van der Waals surface area contributed by atoms with E-state index in [4.69, 9.17) is 26.5 Å². The first-order chi connectivity index (χ1) is 17.8. The number of H-pyrrole nitrogens is 1. The van der Waals surface area contributed by atoms with Gasteiger partial charge in [-0.05, 0) is 48.7 Å². The number of aromatic nitrogens is 1. The van der Waals surface area contributed by atoms with E-state index in [-0.39, 0.29) is 30.5 Å². The van der Waals surface area contributed by atoms with Crippen LogP contribution in [0.5, 0.6) is 5.75 Å². The third-order valence-corrected chi connectivity index (χ3v) is 7.34. The van der Waals surface area contributed by atoms with Gasteiger partial charge >= 0.3 is 11.8 Å². The summed E-state index contributed by atoms with van der Waals surface area (Å²) in [7, 11) is 0. The van der Waals surface area contributed by atoms with E-state index in [0.29, 0.717) is 46.1 Å². The molecule has 2 aromatic heterocycles. The molecule has 0 saturated heterocycles. The molecule has 0 aliphatic carbocycles. The Bertz CT molecular complexity index is 1570. The Labute approximate surface area is 219 Å². The van der Waals surface area contributed by atoms with Crippen LogP contribution in [0, 0.1) is 0 Å². The van der Waals surface area contributed by atoms with Crippen LogP contribution in [0.15, 0.2) is 51.7 Å². The van der Waals surface area contributed by atoms with Gasteiger partial charge in [-0.25, -0.2) is 9.59 Å². The lowest BCUT2D eigenvalue weighted by molar-refractivity contribution is -0.116. The van der Waals surface area contributed by atoms with E-state index in [2.05, 4.69) is 10.3 Å². The normalized spacial score (nSPS) is 12.8. The van der Waals surface area contributed by atoms with Crippen LogP contribution in [0.2, 0.25) is 5.02 Å². The van der Waals surface area contributed by atoms with E-state index in [0.717, 1.165) is 16.0 Å². The lowest BCUT2D eigenvalue weighted by Crippen LogP contribution is -2.35. The number of primary amides is 1. The van der Waals surface area contributed by atoms with Gasteiger partial charge in [0, 0.05) is 34.0 Å². The second-order valence-corrected chi connectivity index (χ2v) is 10.0. The zero-order chi connectivity index (χ0) is 26.1. The SMILES string of the molecule is NC(=O)Oc1c(NC(=O)CCc2ccc(Cl)cc2)sc2c1CCN(C(=O)c1ccc3[nH]c(=O)oc3c1)C2. The van der Waals surface area contributed by atoms with Gasteiger partial charge in [-0.1, -0.05) is 23.7 Å². The lowest BCUT2D eigenvalue weighted by atomic mass is 10.1. The lowest BCUT2D eigenvalue weighted by Gasteiger charge is -2.27. The van der Waals surface area contributed by atoms with Crippen LogP contribution < -0.4 is 21.5 Å². The van der Waals surface area contributed by atoms with Crippen molar-refractivity contribution in [3.8, 4) is 5.75 Å². The standard InChI is InChI=1S/C25H21ClN4O6S/c26-15-5-1-13(2-6-15)3-8-20(31)29-22-21(36-24(27)33)16-9-10-30(12-19(16)37-22)23(32)14-4-7-17-18(11-14)35-25(34)28-17/h1-2,4-7,11H,3,8-10,12H2,(H2,27,33)(H,28,34)(H,29,31). The van der Waals surface area contributed by atoms with Gasteiger partial charge < -0.3 is 25.1 Å². The van der Waals surface area contributed by atoms with Gasteiger partial charge in [0.05, 0.1) is 12.1 Å². The number of halogens is 1. The van der Waals surface area contributed by atoms with E-state index in [1.54, 1.807) is 29.2 Å². The summed E-state index contributed by atoms with van der Waals surface area (Å²) in [6.07, 6.45) is 0.135. The minimum absolute atomic E-state index is 0.211. The molecule has 1 aliphatic heterocycles. The smallest absolute Gasteiger partial charge is 0.408 e. The number of carbonyl (C=O) groups is 3. The second kappa shape index (κ2) is 10.1. The summed E-state index contributed by atoms with van der Waals surface area (Å²) in [6, 6.07) is 12.0. The molecule has 0 unspecified atom stereocenters. The van der Waals surface area contributed by atoms with Gasteiger partial charge in [0.2, 0.25) is 5.91 Å². The third kappa shape index (κ3) is 5.37. The Balaban J connectivity index is 1.32. The number of aryl methyl sites for hydroxylation is 1. The number of thiophene rings is 1. The highest BCUT2D eigenvalue weighted by atomic mass is 35.5. The Kier molecular flexibility index (Phi) is 6.72. The molecule has 37 heavy (non-hydrogen) atoms. The van der Waals surface area contributed by atoms with Crippen LogP contribution >= 0.6 is 22.9 Å². The number of fused-ring (bicyclic) bond motifs is 2. The van der Waals surface area contributed by atoms with Crippen molar-refractivity contribution >= 4 is 56.9 Å². The van der Waals surface area contributed by atoms with Crippen molar-refractivity contribution < 1.29 is 23.5 Å². The van der Waals surface area contributed by atoms with Crippen LogP contribution in [-0.2, 0) is 24.2 Å². The fraction of sp³-hybridized carbons (Fsp3) is 0.200. The molecule has 1 aliphatic rings. The molecule has 2 aromatic carbocycles. The van der Waals surface area contributed by atoms with Crippen molar-refractivity contribution in [3.63, 3.8) is 0 Å². The average Bonchev–Trinajstić information content (AvgIpc) is 3.40. The first-order valence-electron chi connectivity index (χ1n) is 11.3. The van der Waals surface area contributed by atoms with Gasteiger partial charge in [-0.15, -0.1) is 11.3 Å². The van der Waals surface area contributed by atoms with Crippen molar-refractivity contribution in [1.29, 1.82) is 0 Å². The van der Waals surface area contributed by atoms with Crippen molar-refractivity contribution in [3.05, 3.63) is 79.6 Å². The maximum atomic E-state index is 13.2. The molecule has 4 N–H and O–H groups in total. The number of rotatable bonds is 6. The van der Waals surface area contributed by atoms with Crippen molar-refractivity contribution in [2.75, 3.05) is 11.9 Å². The molecular formula is C25H21ClN4O6S. The first-order valence-corrected chi connectivity index (χ1v) is 12.5. The van der Waals surface area contributed by atoms with E-state index >= 15 is 0 Å². The number of nitrogens with one attached hydrogen (secondary N) is 2. The molecule has 190 valence electrons. The minimum Gasteiger partial charge on any atom is -0.408 e. The van der Waals surface area contributed by atoms with Gasteiger partial charge in [0.15, 0.2) is 11.3 Å². The van der Waals surface area contributed by atoms with Crippen molar-refractivity contribution in [2.24, 2.45) is 5.73 Å². The molecule has 3 amide bonds. The first kappa shape index (κ1) is 24.6. The zero-order valence-electron chi connectivity index (χ0n) is 19.3. The molecule has 5 rings (SSSR count). The Morgan fingerprint density at radius 1 is 1.19 bits per heavy atom. The van der Waals surface area contributed by atoms with E-state index in [1.807, 2.05) is 12.1 Å². The van der Waals surface area contributed by atoms with Crippen LogP contribution in [0.25, 0.3) is 11.1 Å². The topological polar surface area (TPSA) is 148 Å². The average molecular weight is 541 g/mol. The number of hydrogen-bond acceptors (Lipinski definition) is 7. The zero-order valence-corrected chi connectivity index (χ0v) is 20.9. The summed E-state index contributed by atoms with van der Waals surface area (Å²) in [5, 5.41) is 3.82. The molecule has 3 heterocycles. The Hall–Kier alpha value is -4.09. The molecule has 4 aromatic rings. The summed E-state index contributed by atoms with van der Waals surface area (Å²) in [5.41, 5.74) is 8.15.